The maximum absolute atomic E-state index is 12.4. The minimum atomic E-state index is -0.512. The minimum Gasteiger partial charge on any atom is -0.319 e. The third-order valence-corrected chi connectivity index (χ3v) is 4.08. The van der Waals surface area contributed by atoms with E-state index < -0.39 is 11.8 Å². The summed E-state index contributed by atoms with van der Waals surface area (Å²) < 4.78 is 1.07. The number of halogens is 3. The lowest BCUT2D eigenvalue weighted by atomic mass is 10.2. The second kappa shape index (κ2) is 7.27. The van der Waals surface area contributed by atoms with Crippen LogP contribution in [0.15, 0.2) is 54.7 Å². The topological polar surface area (TPSA) is 64.0 Å². The van der Waals surface area contributed by atoms with Crippen molar-refractivity contribution in [1.82, 2.24) is 9.78 Å². The van der Waals surface area contributed by atoms with E-state index in [2.05, 4.69) is 10.4 Å². The molecule has 0 saturated carbocycles. The Kier molecular flexibility index (Phi) is 5.08. The number of rotatable bonds is 3. The van der Waals surface area contributed by atoms with Crippen LogP contribution in [0.4, 0.5) is 5.69 Å². The molecule has 0 aliphatic carbocycles. The monoisotopic (exact) mass is 393 g/mol. The quantitative estimate of drug-likeness (QED) is 0.695. The number of hydrogen-bond acceptors (Lipinski definition) is 3. The molecule has 126 valence electrons. The zero-order valence-electron chi connectivity index (χ0n) is 12.5. The van der Waals surface area contributed by atoms with E-state index in [1.807, 2.05) is 0 Å². The van der Waals surface area contributed by atoms with Crippen molar-refractivity contribution >= 4 is 52.3 Å². The number of aromatic nitrogens is 2. The fourth-order valence-corrected chi connectivity index (χ4v) is 2.62. The van der Waals surface area contributed by atoms with E-state index in [4.69, 9.17) is 34.8 Å². The van der Waals surface area contributed by atoms with Gasteiger partial charge in [-0.2, -0.15) is 5.10 Å². The molecule has 0 atom stereocenters. The molecule has 25 heavy (non-hydrogen) atoms. The van der Waals surface area contributed by atoms with Gasteiger partial charge in [0, 0.05) is 21.8 Å². The number of nitrogens with zero attached hydrogens (tertiary/aromatic N) is 2. The van der Waals surface area contributed by atoms with Crippen LogP contribution < -0.4 is 5.32 Å². The SMILES string of the molecule is O=C(Nc1cc(Cl)ccc1Cl)c1ccn(C(=O)c2cccc(Cl)c2)n1. The third-order valence-electron chi connectivity index (χ3n) is 3.28. The average Bonchev–Trinajstić information content (AvgIpc) is 3.07. The molecule has 3 aromatic rings. The molecule has 0 bridgehead atoms. The molecule has 0 radical (unpaired) electrons. The van der Waals surface area contributed by atoms with Crippen molar-refractivity contribution in [2.75, 3.05) is 5.32 Å². The lowest BCUT2D eigenvalue weighted by Crippen LogP contribution is -2.16. The molecule has 1 aromatic heterocycles. The van der Waals surface area contributed by atoms with Crippen molar-refractivity contribution in [2.24, 2.45) is 0 Å². The van der Waals surface area contributed by atoms with Crippen LogP contribution in [0.2, 0.25) is 15.1 Å². The Morgan fingerprint density at radius 3 is 2.48 bits per heavy atom. The van der Waals surface area contributed by atoms with Gasteiger partial charge in [0.15, 0.2) is 5.69 Å². The summed E-state index contributed by atoms with van der Waals surface area (Å²) >= 11 is 17.8. The maximum Gasteiger partial charge on any atom is 0.278 e. The molecule has 8 heteroatoms. The zero-order chi connectivity index (χ0) is 18.0. The van der Waals surface area contributed by atoms with Gasteiger partial charge in [0.1, 0.15) is 0 Å². The molecule has 3 rings (SSSR count). The summed E-state index contributed by atoms with van der Waals surface area (Å²) in [5.41, 5.74) is 0.779. The van der Waals surface area contributed by atoms with E-state index in [0.717, 1.165) is 4.68 Å². The first-order chi connectivity index (χ1) is 11.9. The first-order valence-corrected chi connectivity index (χ1v) is 8.20. The summed E-state index contributed by atoms with van der Waals surface area (Å²) in [6, 6.07) is 12.6. The molecule has 0 saturated heterocycles. The standard InChI is InChI=1S/C17H10Cl3N3O2/c18-11-3-1-2-10(8-11)17(25)23-7-6-14(22-23)16(24)21-15-9-12(19)4-5-13(15)20/h1-9H,(H,21,24). The van der Waals surface area contributed by atoms with Gasteiger partial charge in [0.05, 0.1) is 10.7 Å². The highest BCUT2D eigenvalue weighted by Crippen LogP contribution is 2.25. The van der Waals surface area contributed by atoms with Crippen LogP contribution in [0.5, 0.6) is 0 Å². The van der Waals surface area contributed by atoms with E-state index >= 15 is 0 Å². The van der Waals surface area contributed by atoms with Gasteiger partial charge in [-0.3, -0.25) is 9.59 Å². The molecule has 1 N–H and O–H groups in total. The van der Waals surface area contributed by atoms with Crippen molar-refractivity contribution in [2.45, 2.75) is 0 Å². The van der Waals surface area contributed by atoms with Crippen LogP contribution in [-0.2, 0) is 0 Å². The van der Waals surface area contributed by atoms with Gasteiger partial charge in [-0.15, -0.1) is 0 Å². The van der Waals surface area contributed by atoms with Gasteiger partial charge in [-0.05, 0) is 42.5 Å². The Hall–Kier alpha value is -2.34. The number of hydrogen-bond donors (Lipinski definition) is 1. The number of carbonyl (C=O) groups excluding carboxylic acids is 2. The Morgan fingerprint density at radius 1 is 0.960 bits per heavy atom. The summed E-state index contributed by atoms with van der Waals surface area (Å²) in [7, 11) is 0. The van der Waals surface area contributed by atoms with Crippen LogP contribution in [0, 0.1) is 0 Å². The van der Waals surface area contributed by atoms with Crippen molar-refractivity contribution < 1.29 is 9.59 Å². The summed E-state index contributed by atoms with van der Waals surface area (Å²) in [6.45, 7) is 0. The zero-order valence-corrected chi connectivity index (χ0v) is 14.8. The molecule has 0 unspecified atom stereocenters. The van der Waals surface area contributed by atoms with Crippen molar-refractivity contribution in [3.05, 3.63) is 81.1 Å². The number of nitrogens with one attached hydrogen (secondary N) is 1. The lowest BCUT2D eigenvalue weighted by Gasteiger charge is -2.06. The molecule has 2 aromatic carbocycles. The highest BCUT2D eigenvalue weighted by atomic mass is 35.5. The second-order valence-corrected chi connectivity index (χ2v) is 6.32. The van der Waals surface area contributed by atoms with Crippen LogP contribution >= 0.6 is 34.8 Å². The molecule has 1 heterocycles. The first-order valence-electron chi connectivity index (χ1n) is 7.06. The Morgan fingerprint density at radius 2 is 1.72 bits per heavy atom. The summed E-state index contributed by atoms with van der Waals surface area (Å²) in [5, 5.41) is 7.81. The number of anilines is 1. The Labute approximate surface area is 158 Å². The van der Waals surface area contributed by atoms with Gasteiger partial charge in [0.25, 0.3) is 11.8 Å². The van der Waals surface area contributed by atoms with E-state index in [9.17, 15) is 9.59 Å². The predicted molar refractivity (Wildman–Crippen MR) is 97.8 cm³/mol. The van der Waals surface area contributed by atoms with Crippen molar-refractivity contribution in [1.29, 1.82) is 0 Å². The lowest BCUT2D eigenvalue weighted by molar-refractivity contribution is 0.0944. The first kappa shape index (κ1) is 17.5. The molecule has 0 aliphatic rings. The maximum atomic E-state index is 12.4. The molecule has 1 amide bonds. The molecule has 0 spiro atoms. The van der Waals surface area contributed by atoms with Gasteiger partial charge >= 0.3 is 0 Å². The molecular formula is C17H10Cl3N3O2. The van der Waals surface area contributed by atoms with Gasteiger partial charge < -0.3 is 5.32 Å². The fourth-order valence-electron chi connectivity index (χ4n) is 2.09. The smallest absolute Gasteiger partial charge is 0.278 e. The van der Waals surface area contributed by atoms with E-state index in [0.29, 0.717) is 26.3 Å². The predicted octanol–water partition coefficient (Wildman–Crippen LogP) is 4.78. The highest BCUT2D eigenvalue weighted by Gasteiger charge is 2.15. The van der Waals surface area contributed by atoms with Crippen molar-refractivity contribution in [3.63, 3.8) is 0 Å². The second-order valence-electron chi connectivity index (χ2n) is 5.04. The summed E-state index contributed by atoms with van der Waals surface area (Å²) in [4.78, 5) is 24.6. The minimum absolute atomic E-state index is 0.0615. The van der Waals surface area contributed by atoms with Gasteiger partial charge in [-0.25, -0.2) is 4.68 Å². The third kappa shape index (κ3) is 4.02. The van der Waals surface area contributed by atoms with E-state index in [1.165, 1.54) is 24.4 Å². The van der Waals surface area contributed by atoms with Gasteiger partial charge in [-0.1, -0.05) is 40.9 Å². The van der Waals surface area contributed by atoms with Crippen LogP contribution in [0.1, 0.15) is 20.8 Å². The largest absolute Gasteiger partial charge is 0.319 e. The summed E-state index contributed by atoms with van der Waals surface area (Å²) in [5.74, 6) is -0.913. The van der Waals surface area contributed by atoms with E-state index in [1.54, 1.807) is 30.3 Å². The van der Waals surface area contributed by atoms with E-state index in [-0.39, 0.29) is 5.69 Å². The van der Waals surface area contributed by atoms with Crippen LogP contribution in [0.3, 0.4) is 0 Å². The molecule has 0 aliphatic heterocycles. The Bertz CT molecular complexity index is 969. The average molecular weight is 395 g/mol. The number of amides is 1. The molecular weight excluding hydrogens is 385 g/mol. The number of carbonyl (C=O) groups is 2. The molecule has 0 fully saturated rings. The van der Waals surface area contributed by atoms with Crippen LogP contribution in [0.25, 0.3) is 0 Å². The normalized spacial score (nSPS) is 10.5. The number of benzene rings is 2. The highest BCUT2D eigenvalue weighted by molar-refractivity contribution is 6.35. The fraction of sp³-hybridized carbons (Fsp3) is 0. The summed E-state index contributed by atoms with van der Waals surface area (Å²) in [6.07, 6.45) is 1.40. The Balaban J connectivity index is 1.80. The molecule has 5 nitrogen and oxygen atoms in total. The van der Waals surface area contributed by atoms with Crippen LogP contribution in [-0.4, -0.2) is 21.6 Å². The van der Waals surface area contributed by atoms with Crippen molar-refractivity contribution in [3.8, 4) is 0 Å². The van der Waals surface area contributed by atoms with Gasteiger partial charge in [0.2, 0.25) is 0 Å².